The molecule has 0 aromatic heterocycles. The lowest BCUT2D eigenvalue weighted by atomic mass is 10.1. The number of methoxy groups -OCH3 is 1. The van der Waals surface area contributed by atoms with Gasteiger partial charge in [-0.1, -0.05) is 6.07 Å². The van der Waals surface area contributed by atoms with Crippen LogP contribution in [0.3, 0.4) is 0 Å². The van der Waals surface area contributed by atoms with Crippen LogP contribution in [0, 0.1) is 0 Å². The van der Waals surface area contributed by atoms with E-state index in [2.05, 4.69) is 9.47 Å². The van der Waals surface area contributed by atoms with Gasteiger partial charge in [-0.25, -0.2) is 0 Å². The lowest BCUT2D eigenvalue weighted by Gasteiger charge is -2.27. The molecule has 4 rings (SSSR count). The van der Waals surface area contributed by atoms with Crippen LogP contribution in [0.5, 0.6) is 17.2 Å². The zero-order valence-corrected chi connectivity index (χ0v) is 21.5. The van der Waals surface area contributed by atoms with Crippen molar-refractivity contribution in [3.05, 3.63) is 47.5 Å². The minimum atomic E-state index is -5.15. The first-order chi connectivity index (χ1) is 18.8. The van der Waals surface area contributed by atoms with Crippen molar-refractivity contribution in [2.24, 2.45) is 0 Å². The standard InChI is InChI=1S/C26H26F6N2O6/c1-33-19(6-7-20(33)24(36)37-2)23(35)34-10-9-16-12-17(4-5-18(16)34)38-13-15-3-8-21(39-14-25(27,28)29)22(11-15)40-26(30,31)32/h3-5,8,11-12,19-20H,6-7,9-10,13-14H2,1-2H3/t19-,20-/m0/s1. The van der Waals surface area contributed by atoms with Crippen LogP contribution in [-0.2, 0) is 27.4 Å². The van der Waals surface area contributed by atoms with Gasteiger partial charge in [-0.05, 0) is 67.8 Å². The second-order valence-corrected chi connectivity index (χ2v) is 9.35. The molecule has 1 fully saturated rings. The van der Waals surface area contributed by atoms with Gasteiger partial charge in [0.05, 0.1) is 13.2 Å². The maximum absolute atomic E-state index is 13.3. The molecular weight excluding hydrogens is 550 g/mol. The Morgan fingerprint density at radius 3 is 2.35 bits per heavy atom. The predicted molar refractivity (Wildman–Crippen MR) is 128 cm³/mol. The number of rotatable bonds is 8. The number of hydrogen-bond acceptors (Lipinski definition) is 7. The predicted octanol–water partition coefficient (Wildman–Crippen LogP) is 4.63. The maximum atomic E-state index is 13.3. The molecule has 0 saturated carbocycles. The highest BCUT2D eigenvalue weighted by atomic mass is 19.4. The summed E-state index contributed by atoms with van der Waals surface area (Å²) in [6, 6.07) is 7.18. The van der Waals surface area contributed by atoms with Crippen LogP contribution in [0.25, 0.3) is 0 Å². The first-order valence-electron chi connectivity index (χ1n) is 12.2. The number of carbonyl (C=O) groups excluding carboxylic acids is 2. The molecular formula is C26H26F6N2O6. The molecule has 1 saturated heterocycles. The van der Waals surface area contributed by atoms with Crippen molar-refractivity contribution < 1.29 is 54.9 Å². The van der Waals surface area contributed by atoms with Crippen molar-refractivity contribution in [1.29, 1.82) is 0 Å². The Kier molecular flexibility index (Phi) is 8.38. The van der Waals surface area contributed by atoms with E-state index >= 15 is 0 Å². The lowest BCUT2D eigenvalue weighted by molar-refractivity contribution is -0.275. The molecule has 8 nitrogen and oxygen atoms in total. The van der Waals surface area contributed by atoms with E-state index in [-0.39, 0.29) is 24.0 Å². The molecule has 2 atom stereocenters. The summed E-state index contributed by atoms with van der Waals surface area (Å²) < 4.78 is 94.6. The number of nitrogens with zero attached hydrogens (tertiary/aromatic N) is 2. The number of amides is 1. The zero-order chi connectivity index (χ0) is 29.2. The molecule has 1 amide bonds. The van der Waals surface area contributed by atoms with E-state index in [1.807, 2.05) is 0 Å². The number of halogens is 6. The topological polar surface area (TPSA) is 77.5 Å². The highest BCUT2D eigenvalue weighted by Crippen LogP contribution is 2.36. The molecule has 0 N–H and O–H groups in total. The summed E-state index contributed by atoms with van der Waals surface area (Å²) in [7, 11) is 3.02. The first kappa shape index (κ1) is 29.3. The van der Waals surface area contributed by atoms with Crippen LogP contribution in [0.2, 0.25) is 0 Å². The third kappa shape index (κ3) is 6.90. The van der Waals surface area contributed by atoms with Crippen molar-refractivity contribution >= 4 is 17.6 Å². The van der Waals surface area contributed by atoms with E-state index in [1.54, 1.807) is 35.0 Å². The number of likely N-dealkylation sites (N-methyl/N-ethyl adjacent to an activating group) is 1. The minimum Gasteiger partial charge on any atom is -0.489 e. The van der Waals surface area contributed by atoms with Gasteiger partial charge in [0, 0.05) is 12.2 Å². The summed E-state index contributed by atoms with van der Waals surface area (Å²) in [6.07, 6.45) is -8.32. The second-order valence-electron chi connectivity index (χ2n) is 9.35. The normalized spacial score (nSPS) is 19.4. The van der Waals surface area contributed by atoms with Gasteiger partial charge < -0.3 is 23.8 Å². The van der Waals surface area contributed by atoms with Crippen LogP contribution in [0.4, 0.5) is 32.0 Å². The quantitative estimate of drug-likeness (QED) is 0.335. The van der Waals surface area contributed by atoms with Crippen LogP contribution >= 0.6 is 0 Å². The van der Waals surface area contributed by atoms with Crippen LogP contribution in [0.15, 0.2) is 36.4 Å². The number of ether oxygens (including phenoxy) is 4. The van der Waals surface area contributed by atoms with Crippen LogP contribution < -0.4 is 19.1 Å². The third-order valence-electron chi connectivity index (χ3n) is 6.70. The van der Waals surface area contributed by atoms with Crippen molar-refractivity contribution in [3.8, 4) is 17.2 Å². The Labute approximate surface area is 225 Å². The fourth-order valence-electron chi connectivity index (χ4n) is 4.83. The number of esters is 1. The number of likely N-dealkylation sites (tertiary alicyclic amines) is 1. The minimum absolute atomic E-state index is 0.133. The lowest BCUT2D eigenvalue weighted by Crippen LogP contribution is -2.47. The molecule has 0 spiro atoms. The highest BCUT2D eigenvalue weighted by molar-refractivity contribution is 5.99. The van der Waals surface area contributed by atoms with E-state index in [9.17, 15) is 35.9 Å². The largest absolute Gasteiger partial charge is 0.573 e. The van der Waals surface area contributed by atoms with E-state index in [0.717, 1.165) is 17.7 Å². The monoisotopic (exact) mass is 576 g/mol. The molecule has 0 aliphatic carbocycles. The Bertz CT molecular complexity index is 1250. The number of benzene rings is 2. The number of hydrogen-bond donors (Lipinski definition) is 0. The average molecular weight is 576 g/mol. The van der Waals surface area contributed by atoms with Gasteiger partial charge in [0.15, 0.2) is 18.1 Å². The SMILES string of the molecule is COC(=O)[C@@H]1CC[C@@H](C(=O)N2CCc3cc(OCc4ccc(OCC(F)(F)F)c(OC(F)(F)F)c4)ccc32)N1C. The molecule has 2 aliphatic rings. The van der Waals surface area contributed by atoms with Gasteiger partial charge in [-0.15, -0.1) is 13.2 Å². The van der Waals surface area contributed by atoms with E-state index in [0.29, 0.717) is 37.2 Å². The summed E-state index contributed by atoms with van der Waals surface area (Å²) in [5, 5.41) is 0. The summed E-state index contributed by atoms with van der Waals surface area (Å²) in [5.41, 5.74) is 1.72. The second kappa shape index (κ2) is 11.4. The summed E-state index contributed by atoms with van der Waals surface area (Å²) in [4.78, 5) is 28.6. The van der Waals surface area contributed by atoms with Crippen molar-refractivity contribution in [1.82, 2.24) is 4.90 Å². The number of anilines is 1. The van der Waals surface area contributed by atoms with Crippen LogP contribution in [-0.4, -0.2) is 68.7 Å². The van der Waals surface area contributed by atoms with Gasteiger partial charge >= 0.3 is 18.5 Å². The molecule has 2 aromatic rings. The first-order valence-corrected chi connectivity index (χ1v) is 12.2. The Hall–Kier alpha value is -3.68. The third-order valence-corrected chi connectivity index (χ3v) is 6.70. The molecule has 2 heterocycles. The van der Waals surface area contributed by atoms with Gasteiger partial charge in [0.2, 0.25) is 5.91 Å². The van der Waals surface area contributed by atoms with Crippen molar-refractivity contribution in [2.75, 3.05) is 32.2 Å². The average Bonchev–Trinajstić information content (AvgIpc) is 3.47. The molecule has 2 aliphatic heterocycles. The van der Waals surface area contributed by atoms with Gasteiger partial charge in [0.1, 0.15) is 18.4 Å². The van der Waals surface area contributed by atoms with Crippen molar-refractivity contribution in [3.63, 3.8) is 0 Å². The Balaban J connectivity index is 1.42. The Morgan fingerprint density at radius 2 is 1.68 bits per heavy atom. The van der Waals surface area contributed by atoms with Crippen molar-refractivity contribution in [2.45, 2.75) is 50.5 Å². The molecule has 0 unspecified atom stereocenters. The fraction of sp³-hybridized carbons (Fsp3) is 0.462. The van der Waals surface area contributed by atoms with Crippen LogP contribution in [0.1, 0.15) is 24.0 Å². The molecule has 0 bridgehead atoms. The molecule has 218 valence electrons. The number of alkyl halides is 6. The molecule has 0 radical (unpaired) electrons. The zero-order valence-electron chi connectivity index (χ0n) is 21.5. The molecule has 2 aromatic carbocycles. The van der Waals surface area contributed by atoms with Gasteiger partial charge in [-0.3, -0.25) is 14.5 Å². The smallest absolute Gasteiger partial charge is 0.489 e. The van der Waals surface area contributed by atoms with E-state index in [4.69, 9.17) is 9.47 Å². The fourth-order valence-corrected chi connectivity index (χ4v) is 4.83. The van der Waals surface area contributed by atoms with E-state index in [1.165, 1.54) is 13.2 Å². The highest BCUT2D eigenvalue weighted by Gasteiger charge is 2.42. The molecule has 40 heavy (non-hydrogen) atoms. The van der Waals surface area contributed by atoms with Gasteiger partial charge in [-0.2, -0.15) is 13.2 Å². The maximum Gasteiger partial charge on any atom is 0.573 e. The van der Waals surface area contributed by atoms with E-state index < -0.39 is 42.7 Å². The summed E-state index contributed by atoms with van der Waals surface area (Å²) in [6.45, 7) is -1.56. The number of fused-ring (bicyclic) bond motifs is 1. The molecule has 14 heteroatoms. The number of carbonyl (C=O) groups is 2. The van der Waals surface area contributed by atoms with Gasteiger partial charge in [0.25, 0.3) is 0 Å². The summed E-state index contributed by atoms with van der Waals surface area (Å²) in [5.74, 6) is -1.78. The summed E-state index contributed by atoms with van der Waals surface area (Å²) >= 11 is 0. The Morgan fingerprint density at radius 1 is 0.950 bits per heavy atom.